The first-order valence-electron chi connectivity index (χ1n) is 3.93. The van der Waals surface area contributed by atoms with Crippen molar-refractivity contribution in [2.45, 2.75) is 6.92 Å². The van der Waals surface area contributed by atoms with Gasteiger partial charge in [0.25, 0.3) is 0 Å². The molecule has 14 heavy (non-hydrogen) atoms. The third-order valence-corrected chi connectivity index (χ3v) is 1.64. The quantitative estimate of drug-likeness (QED) is 0.738. The van der Waals surface area contributed by atoms with Crippen LogP contribution in [0, 0.1) is 0 Å². The molecule has 0 fully saturated rings. The van der Waals surface area contributed by atoms with Crippen molar-refractivity contribution in [1.82, 2.24) is 10.3 Å². The first kappa shape index (κ1) is 10.5. The number of hydrogen-bond donors (Lipinski definition) is 2. The zero-order chi connectivity index (χ0) is 10.6. The van der Waals surface area contributed by atoms with Crippen molar-refractivity contribution in [1.29, 1.82) is 0 Å². The van der Waals surface area contributed by atoms with Crippen LogP contribution in [-0.2, 0) is 0 Å². The minimum Gasteiger partial charge on any atom is -0.312 e. The zero-order valence-electron chi connectivity index (χ0n) is 7.67. The van der Waals surface area contributed by atoms with Gasteiger partial charge < -0.3 is 10.6 Å². The van der Waals surface area contributed by atoms with Gasteiger partial charge in [-0.2, -0.15) is 0 Å². The molecule has 74 valence electrons. The van der Waals surface area contributed by atoms with Gasteiger partial charge in [0.1, 0.15) is 0 Å². The molecule has 0 radical (unpaired) electrons. The summed E-state index contributed by atoms with van der Waals surface area (Å²) in [5.41, 5.74) is 1.02. The molecule has 1 aromatic rings. The first-order valence-corrected chi connectivity index (χ1v) is 4.31. The maximum absolute atomic E-state index is 11.2. The number of nitrogens with zero attached hydrogens (tertiary/aromatic N) is 1. The predicted molar refractivity (Wildman–Crippen MR) is 56.2 cm³/mol. The first-order chi connectivity index (χ1) is 6.59. The van der Waals surface area contributed by atoms with E-state index in [9.17, 15) is 4.79 Å². The number of amides is 2. The van der Waals surface area contributed by atoms with Gasteiger partial charge in [0.2, 0.25) is 0 Å². The molecule has 0 saturated carbocycles. The van der Waals surface area contributed by atoms with Crippen molar-refractivity contribution in [3.8, 4) is 0 Å². The summed E-state index contributed by atoms with van der Waals surface area (Å²) < 4.78 is 0. The van der Waals surface area contributed by atoms with Gasteiger partial charge >= 0.3 is 6.03 Å². The average molecular weight is 212 g/mol. The number of halogens is 1. The van der Waals surface area contributed by atoms with Crippen LogP contribution >= 0.6 is 11.6 Å². The van der Waals surface area contributed by atoms with E-state index in [0.717, 1.165) is 0 Å². The Balaban J connectivity index is 2.65. The normalized spacial score (nSPS) is 9.29. The van der Waals surface area contributed by atoms with Crippen LogP contribution in [0.2, 0.25) is 5.15 Å². The van der Waals surface area contributed by atoms with Gasteiger partial charge in [0.05, 0.1) is 5.69 Å². The molecule has 0 spiro atoms. The van der Waals surface area contributed by atoms with E-state index in [1.165, 1.54) is 0 Å². The lowest BCUT2D eigenvalue weighted by Gasteiger charge is -2.07. The fourth-order valence-corrected chi connectivity index (χ4v) is 0.993. The van der Waals surface area contributed by atoms with Gasteiger partial charge in [-0.05, 0) is 19.1 Å². The van der Waals surface area contributed by atoms with E-state index in [1.807, 2.05) is 0 Å². The Morgan fingerprint density at radius 1 is 1.64 bits per heavy atom. The number of rotatable bonds is 2. The molecular formula is C9H10ClN3O. The molecule has 4 nitrogen and oxygen atoms in total. The Morgan fingerprint density at radius 2 is 2.36 bits per heavy atom. The molecule has 0 atom stereocenters. The molecule has 2 amide bonds. The Bertz CT molecular complexity index is 365. The van der Waals surface area contributed by atoms with Gasteiger partial charge in [0.15, 0.2) is 5.15 Å². The third-order valence-electron chi connectivity index (χ3n) is 1.33. The number of nitrogens with one attached hydrogen (secondary N) is 2. The summed E-state index contributed by atoms with van der Waals surface area (Å²) in [4.78, 5) is 15.0. The van der Waals surface area contributed by atoms with Crippen LogP contribution in [0.1, 0.15) is 6.92 Å². The molecule has 1 rings (SSSR count). The Labute approximate surface area is 87.0 Å². The second-order valence-electron chi connectivity index (χ2n) is 2.70. The van der Waals surface area contributed by atoms with Crippen LogP contribution in [0.4, 0.5) is 10.5 Å². The van der Waals surface area contributed by atoms with Crippen molar-refractivity contribution in [2.75, 3.05) is 5.32 Å². The largest absolute Gasteiger partial charge is 0.323 e. The summed E-state index contributed by atoms with van der Waals surface area (Å²) in [6.45, 7) is 5.22. The maximum atomic E-state index is 11.2. The number of allylic oxidation sites excluding steroid dienone is 1. The number of carbonyl (C=O) groups is 1. The molecule has 0 saturated heterocycles. The summed E-state index contributed by atoms with van der Waals surface area (Å²) in [6.07, 6.45) is 1.55. The second kappa shape index (κ2) is 4.62. The van der Waals surface area contributed by atoms with Crippen LogP contribution in [0.3, 0.4) is 0 Å². The number of hydrogen-bond acceptors (Lipinski definition) is 2. The number of pyridine rings is 1. The van der Waals surface area contributed by atoms with E-state index >= 15 is 0 Å². The van der Waals surface area contributed by atoms with E-state index in [0.29, 0.717) is 11.4 Å². The van der Waals surface area contributed by atoms with E-state index in [2.05, 4.69) is 22.2 Å². The molecule has 0 bridgehead atoms. The molecule has 0 aliphatic rings. The van der Waals surface area contributed by atoms with E-state index in [4.69, 9.17) is 11.6 Å². The van der Waals surface area contributed by atoms with Crippen LogP contribution in [-0.4, -0.2) is 11.0 Å². The van der Waals surface area contributed by atoms with Crippen LogP contribution in [0.25, 0.3) is 0 Å². The van der Waals surface area contributed by atoms with Gasteiger partial charge in [-0.15, -0.1) is 0 Å². The molecule has 0 aromatic carbocycles. The third kappa shape index (κ3) is 3.06. The Kier molecular flexibility index (Phi) is 3.48. The highest BCUT2D eigenvalue weighted by Crippen LogP contribution is 2.16. The summed E-state index contributed by atoms with van der Waals surface area (Å²) in [5.74, 6) is 0. The van der Waals surface area contributed by atoms with Crippen LogP contribution in [0.15, 0.2) is 30.6 Å². The van der Waals surface area contributed by atoms with Crippen LogP contribution in [0.5, 0.6) is 0 Å². The fourth-order valence-electron chi connectivity index (χ4n) is 0.827. The fraction of sp³-hybridized carbons (Fsp3) is 0.111. The standard InChI is InChI=1S/C9H10ClN3O/c1-6(2)12-9(14)13-7-4-3-5-11-8(7)10/h3-5H,1H2,2H3,(H2,12,13,14). The molecule has 0 aliphatic heterocycles. The average Bonchev–Trinajstić information content (AvgIpc) is 2.07. The van der Waals surface area contributed by atoms with Crippen molar-refractivity contribution < 1.29 is 4.79 Å². The minimum absolute atomic E-state index is 0.254. The highest BCUT2D eigenvalue weighted by atomic mass is 35.5. The van der Waals surface area contributed by atoms with Crippen molar-refractivity contribution in [3.05, 3.63) is 35.8 Å². The summed E-state index contributed by atoms with van der Waals surface area (Å²) in [5, 5.41) is 5.28. The number of anilines is 1. The summed E-state index contributed by atoms with van der Waals surface area (Å²) >= 11 is 5.73. The zero-order valence-corrected chi connectivity index (χ0v) is 8.43. The van der Waals surface area contributed by atoms with Gasteiger partial charge in [-0.3, -0.25) is 0 Å². The van der Waals surface area contributed by atoms with E-state index < -0.39 is 0 Å². The number of carbonyl (C=O) groups excluding carboxylic acids is 1. The Morgan fingerprint density at radius 3 is 2.93 bits per heavy atom. The summed E-state index contributed by atoms with van der Waals surface area (Å²) in [7, 11) is 0. The lowest BCUT2D eigenvalue weighted by molar-refractivity contribution is 0.254. The smallest absolute Gasteiger partial charge is 0.312 e. The molecule has 5 heteroatoms. The SMILES string of the molecule is C=C(C)NC(=O)Nc1cccnc1Cl. The summed E-state index contributed by atoms with van der Waals surface area (Å²) in [6, 6.07) is 2.96. The molecule has 2 N–H and O–H groups in total. The maximum Gasteiger partial charge on any atom is 0.323 e. The highest BCUT2D eigenvalue weighted by Gasteiger charge is 2.04. The molecular weight excluding hydrogens is 202 g/mol. The lowest BCUT2D eigenvalue weighted by atomic mass is 10.4. The number of aromatic nitrogens is 1. The predicted octanol–water partition coefficient (Wildman–Crippen LogP) is 2.39. The molecule has 0 unspecified atom stereocenters. The van der Waals surface area contributed by atoms with E-state index in [1.54, 1.807) is 25.3 Å². The lowest BCUT2D eigenvalue weighted by Crippen LogP contribution is -2.26. The van der Waals surface area contributed by atoms with Crippen molar-refractivity contribution >= 4 is 23.3 Å². The van der Waals surface area contributed by atoms with Gasteiger partial charge in [0, 0.05) is 11.9 Å². The molecule has 0 aliphatic carbocycles. The topological polar surface area (TPSA) is 54.0 Å². The minimum atomic E-state index is -0.382. The van der Waals surface area contributed by atoms with Crippen molar-refractivity contribution in [2.24, 2.45) is 0 Å². The second-order valence-corrected chi connectivity index (χ2v) is 3.06. The molecule has 1 aromatic heterocycles. The van der Waals surface area contributed by atoms with Gasteiger partial charge in [-0.25, -0.2) is 9.78 Å². The van der Waals surface area contributed by atoms with E-state index in [-0.39, 0.29) is 11.2 Å². The van der Waals surface area contributed by atoms with Crippen molar-refractivity contribution in [3.63, 3.8) is 0 Å². The monoisotopic (exact) mass is 211 g/mol. The van der Waals surface area contributed by atoms with Gasteiger partial charge in [-0.1, -0.05) is 18.2 Å². The molecule has 1 heterocycles. The number of urea groups is 1. The van der Waals surface area contributed by atoms with Crippen LogP contribution < -0.4 is 10.6 Å². The Hall–Kier alpha value is -1.55. The highest BCUT2D eigenvalue weighted by molar-refractivity contribution is 6.32.